The molecule has 29 heavy (non-hydrogen) atoms. The van der Waals surface area contributed by atoms with Gasteiger partial charge in [-0.2, -0.15) is 0 Å². The Balaban J connectivity index is 1.52. The van der Waals surface area contributed by atoms with Crippen LogP contribution in [0.15, 0.2) is 54.9 Å². The van der Waals surface area contributed by atoms with Crippen LogP contribution in [0.4, 0.5) is 0 Å². The van der Waals surface area contributed by atoms with E-state index in [1.807, 2.05) is 73.6 Å². The molecule has 1 aliphatic heterocycles. The average Bonchev–Trinajstić information content (AvgIpc) is 2.73. The quantitative estimate of drug-likeness (QED) is 0.725. The number of benzene rings is 1. The van der Waals surface area contributed by atoms with Crippen LogP contribution in [0.5, 0.6) is 0 Å². The van der Waals surface area contributed by atoms with E-state index >= 15 is 0 Å². The Morgan fingerprint density at radius 2 is 1.69 bits per heavy atom. The van der Waals surface area contributed by atoms with E-state index in [4.69, 9.17) is 0 Å². The topological polar surface area (TPSA) is 66.7 Å². The molecule has 0 aliphatic carbocycles. The largest absolute Gasteiger partial charge is 0.344 e. The number of piperazine rings is 1. The highest BCUT2D eigenvalue weighted by Gasteiger charge is 2.31. The maximum Gasteiger partial charge on any atom is 0.245 e. The predicted octanol–water partition coefficient (Wildman–Crippen LogP) is 0.692. The summed E-state index contributed by atoms with van der Waals surface area (Å²) in [6.45, 7) is 8.18. The van der Waals surface area contributed by atoms with Gasteiger partial charge in [0.1, 0.15) is 12.6 Å². The van der Waals surface area contributed by atoms with Crippen molar-refractivity contribution in [1.29, 1.82) is 0 Å². The molecule has 1 saturated heterocycles. The van der Waals surface area contributed by atoms with E-state index in [2.05, 4.69) is 10.3 Å². The minimum atomic E-state index is -0.479. The second kappa shape index (κ2) is 10.2. The third-order valence-electron chi connectivity index (χ3n) is 5.44. The molecule has 154 valence electrons. The normalized spacial score (nSPS) is 15.9. The van der Waals surface area contributed by atoms with Gasteiger partial charge < -0.3 is 15.1 Å². The van der Waals surface area contributed by atoms with Gasteiger partial charge in [0.2, 0.25) is 11.8 Å². The zero-order chi connectivity index (χ0) is 20.6. The van der Waals surface area contributed by atoms with Gasteiger partial charge in [0, 0.05) is 18.0 Å². The van der Waals surface area contributed by atoms with E-state index in [1.54, 1.807) is 0 Å². The highest BCUT2D eigenvalue weighted by atomic mass is 16.2. The van der Waals surface area contributed by atoms with Crippen LogP contribution in [0.25, 0.3) is 0 Å². The van der Waals surface area contributed by atoms with Gasteiger partial charge in [-0.25, -0.2) is 0 Å². The predicted molar refractivity (Wildman–Crippen MR) is 112 cm³/mol. The monoisotopic (exact) mass is 395 g/mol. The van der Waals surface area contributed by atoms with Gasteiger partial charge in [0.05, 0.1) is 32.6 Å². The molecule has 3 rings (SSSR count). The van der Waals surface area contributed by atoms with E-state index in [9.17, 15) is 9.59 Å². The van der Waals surface area contributed by atoms with Gasteiger partial charge in [-0.05, 0) is 23.6 Å². The van der Waals surface area contributed by atoms with Crippen molar-refractivity contribution in [1.82, 2.24) is 15.2 Å². The van der Waals surface area contributed by atoms with E-state index in [0.717, 1.165) is 38.3 Å². The zero-order valence-corrected chi connectivity index (χ0v) is 17.3. The highest BCUT2D eigenvalue weighted by molar-refractivity contribution is 5.88. The second-order valence-electron chi connectivity index (χ2n) is 8.06. The number of quaternary nitrogens is 1. The SMILES string of the molecule is CC(C)[C@H](NC(=O)Cc1ccccc1)C(=O)N1CC[NH+](Cc2ccncc2)CC1. The van der Waals surface area contributed by atoms with Crippen molar-refractivity contribution in [3.05, 3.63) is 66.0 Å². The summed E-state index contributed by atoms with van der Waals surface area (Å²) < 4.78 is 0. The number of carbonyl (C=O) groups is 2. The summed E-state index contributed by atoms with van der Waals surface area (Å²) in [5.41, 5.74) is 2.22. The Morgan fingerprint density at radius 3 is 2.31 bits per heavy atom. The van der Waals surface area contributed by atoms with Crippen molar-refractivity contribution >= 4 is 11.8 Å². The molecule has 0 spiro atoms. The number of hydrogen-bond donors (Lipinski definition) is 2. The van der Waals surface area contributed by atoms with E-state index in [1.165, 1.54) is 10.5 Å². The van der Waals surface area contributed by atoms with Crippen LogP contribution in [0.2, 0.25) is 0 Å². The first-order valence-electron chi connectivity index (χ1n) is 10.4. The van der Waals surface area contributed by atoms with Gasteiger partial charge in [0.25, 0.3) is 0 Å². The summed E-state index contributed by atoms with van der Waals surface area (Å²) >= 11 is 0. The van der Waals surface area contributed by atoms with Crippen molar-refractivity contribution in [2.24, 2.45) is 5.92 Å². The number of aromatic nitrogens is 1. The molecule has 1 atom stereocenters. The number of rotatable bonds is 7. The maximum atomic E-state index is 13.1. The lowest BCUT2D eigenvalue weighted by Gasteiger charge is -2.35. The summed E-state index contributed by atoms with van der Waals surface area (Å²) in [5.74, 6) is -0.0287. The number of hydrogen-bond acceptors (Lipinski definition) is 3. The molecule has 2 N–H and O–H groups in total. The second-order valence-corrected chi connectivity index (χ2v) is 8.06. The Hall–Kier alpha value is -2.73. The fourth-order valence-corrected chi connectivity index (χ4v) is 3.73. The standard InChI is InChI=1S/C23H30N4O2/c1-18(2)22(25-21(28)16-19-6-4-3-5-7-19)23(29)27-14-12-26(13-15-27)17-20-8-10-24-11-9-20/h3-11,18,22H,12-17H2,1-2H3,(H,25,28)/p+1/t22-/m0/s1. The number of nitrogens with one attached hydrogen (secondary N) is 2. The Kier molecular flexibility index (Phi) is 7.36. The first kappa shape index (κ1) is 21.0. The molecule has 2 heterocycles. The van der Waals surface area contributed by atoms with Crippen molar-refractivity contribution in [3.8, 4) is 0 Å². The molecule has 0 bridgehead atoms. The Labute approximate surface area is 172 Å². The fourth-order valence-electron chi connectivity index (χ4n) is 3.73. The van der Waals surface area contributed by atoms with Crippen LogP contribution in [-0.4, -0.2) is 53.9 Å². The summed E-state index contributed by atoms with van der Waals surface area (Å²) in [6, 6.07) is 13.2. The van der Waals surface area contributed by atoms with Crippen LogP contribution in [0.3, 0.4) is 0 Å². The smallest absolute Gasteiger partial charge is 0.245 e. The zero-order valence-electron chi connectivity index (χ0n) is 17.3. The van der Waals surface area contributed by atoms with Crippen LogP contribution in [-0.2, 0) is 22.6 Å². The minimum Gasteiger partial charge on any atom is -0.344 e. The van der Waals surface area contributed by atoms with Gasteiger partial charge in [-0.3, -0.25) is 14.6 Å². The lowest BCUT2D eigenvalue weighted by Crippen LogP contribution is -3.13. The molecule has 6 heteroatoms. The summed E-state index contributed by atoms with van der Waals surface area (Å²) in [4.78, 5) is 33.0. The maximum absolute atomic E-state index is 13.1. The summed E-state index contributed by atoms with van der Waals surface area (Å²) in [5, 5.41) is 2.97. The van der Waals surface area contributed by atoms with E-state index in [-0.39, 0.29) is 17.7 Å². The van der Waals surface area contributed by atoms with Crippen LogP contribution >= 0.6 is 0 Å². The number of pyridine rings is 1. The molecule has 1 aromatic carbocycles. The number of carbonyl (C=O) groups excluding carboxylic acids is 2. The molecule has 1 aliphatic rings. The molecule has 2 aromatic rings. The van der Waals surface area contributed by atoms with E-state index in [0.29, 0.717) is 6.42 Å². The lowest BCUT2D eigenvalue weighted by molar-refractivity contribution is -0.917. The summed E-state index contributed by atoms with van der Waals surface area (Å²) in [6.07, 6.45) is 3.93. The Morgan fingerprint density at radius 1 is 1.03 bits per heavy atom. The fraction of sp³-hybridized carbons (Fsp3) is 0.435. The van der Waals surface area contributed by atoms with Crippen molar-refractivity contribution < 1.29 is 14.5 Å². The number of amides is 2. The van der Waals surface area contributed by atoms with Crippen molar-refractivity contribution in [3.63, 3.8) is 0 Å². The number of nitrogens with zero attached hydrogens (tertiary/aromatic N) is 2. The third-order valence-corrected chi connectivity index (χ3v) is 5.44. The summed E-state index contributed by atoms with van der Waals surface area (Å²) in [7, 11) is 0. The van der Waals surface area contributed by atoms with E-state index < -0.39 is 6.04 Å². The van der Waals surface area contributed by atoms with Gasteiger partial charge in [0.15, 0.2) is 0 Å². The molecular formula is C23H31N4O2+. The molecule has 6 nitrogen and oxygen atoms in total. The molecule has 0 radical (unpaired) electrons. The molecule has 0 unspecified atom stereocenters. The first-order chi connectivity index (χ1) is 14.0. The minimum absolute atomic E-state index is 0.0318. The molecule has 1 fully saturated rings. The molecule has 2 amide bonds. The Bertz CT molecular complexity index is 787. The van der Waals surface area contributed by atoms with Gasteiger partial charge in [-0.15, -0.1) is 0 Å². The van der Waals surface area contributed by atoms with Gasteiger partial charge in [-0.1, -0.05) is 44.2 Å². The van der Waals surface area contributed by atoms with Crippen LogP contribution in [0, 0.1) is 5.92 Å². The lowest BCUT2D eigenvalue weighted by atomic mass is 10.0. The van der Waals surface area contributed by atoms with Crippen molar-refractivity contribution in [2.75, 3.05) is 26.2 Å². The highest BCUT2D eigenvalue weighted by Crippen LogP contribution is 2.08. The third kappa shape index (κ3) is 6.12. The van der Waals surface area contributed by atoms with Crippen molar-refractivity contribution in [2.45, 2.75) is 32.9 Å². The molecule has 1 aromatic heterocycles. The van der Waals surface area contributed by atoms with Gasteiger partial charge >= 0.3 is 0 Å². The first-order valence-corrected chi connectivity index (χ1v) is 10.4. The van der Waals surface area contributed by atoms with Crippen LogP contribution < -0.4 is 10.2 Å². The average molecular weight is 396 g/mol. The molecular weight excluding hydrogens is 364 g/mol. The molecule has 0 saturated carbocycles. The van der Waals surface area contributed by atoms with Crippen LogP contribution in [0.1, 0.15) is 25.0 Å².